The number of hydrazine groups is 1. The van der Waals surface area contributed by atoms with E-state index in [-0.39, 0.29) is 11.4 Å². The minimum absolute atomic E-state index is 0.0163. The second-order valence-electron chi connectivity index (χ2n) is 6.38. The largest absolute Gasteiger partial charge is 0.497 e. The summed E-state index contributed by atoms with van der Waals surface area (Å²) in [5, 5.41) is 23.4. The first-order chi connectivity index (χ1) is 14.5. The minimum atomic E-state index is -0.472. The molecule has 1 aromatic heterocycles. The Morgan fingerprint density at radius 3 is 2.17 bits per heavy atom. The summed E-state index contributed by atoms with van der Waals surface area (Å²) in [6.07, 6.45) is 0. The van der Waals surface area contributed by atoms with Gasteiger partial charge >= 0.3 is 0 Å². The molecule has 10 heteroatoms. The third-order valence-electron chi connectivity index (χ3n) is 4.59. The Labute approximate surface area is 169 Å². The van der Waals surface area contributed by atoms with Crippen LogP contribution >= 0.6 is 0 Å². The first kappa shape index (κ1) is 18.9. The van der Waals surface area contributed by atoms with Crippen molar-refractivity contribution in [1.29, 1.82) is 0 Å². The maximum Gasteiger partial charge on any atom is 0.271 e. The maximum atomic E-state index is 11.1. The number of aromatic nitrogens is 1. The summed E-state index contributed by atoms with van der Waals surface area (Å²) in [6, 6.07) is 15.7. The highest BCUT2D eigenvalue weighted by molar-refractivity contribution is 6.08. The van der Waals surface area contributed by atoms with Gasteiger partial charge in [0.15, 0.2) is 0 Å². The summed E-state index contributed by atoms with van der Waals surface area (Å²) < 4.78 is 5.31. The first-order valence-electron chi connectivity index (χ1n) is 8.78. The number of nitrogens with one attached hydrogen (secondary N) is 2. The Balaban J connectivity index is 1.81. The molecule has 10 nitrogen and oxygen atoms in total. The van der Waals surface area contributed by atoms with Gasteiger partial charge in [-0.15, -0.1) is 0 Å². The number of ether oxygens (including phenoxy) is 1. The number of anilines is 2. The van der Waals surface area contributed by atoms with E-state index in [0.29, 0.717) is 33.5 Å². The number of benzene rings is 3. The lowest BCUT2D eigenvalue weighted by molar-refractivity contribution is -0.385. The zero-order valence-electron chi connectivity index (χ0n) is 15.7. The van der Waals surface area contributed by atoms with Gasteiger partial charge in [-0.25, -0.2) is 4.98 Å². The molecule has 0 radical (unpaired) electrons. The van der Waals surface area contributed by atoms with Crippen molar-refractivity contribution in [2.45, 2.75) is 0 Å². The Hall–Kier alpha value is -4.47. The normalized spacial score (nSPS) is 10.7. The molecule has 0 aliphatic rings. The maximum absolute atomic E-state index is 11.1. The molecule has 1 heterocycles. The Kier molecular flexibility index (Phi) is 4.72. The lowest BCUT2D eigenvalue weighted by Gasteiger charge is -2.15. The second-order valence-corrected chi connectivity index (χ2v) is 6.38. The Bertz CT molecular complexity index is 1290. The number of methoxy groups -OCH3 is 1. The van der Waals surface area contributed by atoms with E-state index in [1.165, 1.54) is 24.3 Å². The molecular weight excluding hydrogens is 390 g/mol. The highest BCUT2D eigenvalue weighted by Gasteiger charge is 2.14. The van der Waals surface area contributed by atoms with E-state index in [9.17, 15) is 20.2 Å². The van der Waals surface area contributed by atoms with Crippen molar-refractivity contribution >= 4 is 44.6 Å². The fourth-order valence-electron chi connectivity index (χ4n) is 3.09. The Morgan fingerprint density at radius 2 is 1.50 bits per heavy atom. The van der Waals surface area contributed by atoms with Gasteiger partial charge in [0.05, 0.1) is 39.4 Å². The number of hydrogen-bond donors (Lipinski definition) is 2. The topological polar surface area (TPSA) is 132 Å². The fraction of sp³-hybridized carbons (Fsp3) is 0.0500. The van der Waals surface area contributed by atoms with Gasteiger partial charge in [-0.05, 0) is 36.4 Å². The predicted octanol–water partition coefficient (Wildman–Crippen LogP) is 4.65. The first-order valence-corrected chi connectivity index (χ1v) is 8.78. The van der Waals surface area contributed by atoms with Crippen LogP contribution in [0.25, 0.3) is 21.8 Å². The quantitative estimate of drug-likeness (QED) is 0.269. The van der Waals surface area contributed by atoms with E-state index in [0.717, 1.165) is 5.39 Å². The molecule has 0 unspecified atom stereocenters. The van der Waals surface area contributed by atoms with E-state index in [1.807, 2.05) is 6.07 Å². The molecule has 0 spiro atoms. The van der Waals surface area contributed by atoms with Crippen LogP contribution in [0.4, 0.5) is 22.7 Å². The summed E-state index contributed by atoms with van der Waals surface area (Å²) in [6.45, 7) is 0. The van der Waals surface area contributed by atoms with Crippen LogP contribution in [-0.4, -0.2) is 21.9 Å². The van der Waals surface area contributed by atoms with Crippen LogP contribution in [0.3, 0.4) is 0 Å². The molecule has 30 heavy (non-hydrogen) atoms. The molecule has 0 aliphatic heterocycles. The van der Waals surface area contributed by atoms with Gasteiger partial charge in [-0.2, -0.15) is 0 Å². The summed E-state index contributed by atoms with van der Waals surface area (Å²) in [7, 11) is 1.56. The molecule has 4 rings (SSSR count). The molecular formula is C20H15N5O5. The lowest BCUT2D eigenvalue weighted by Crippen LogP contribution is -2.10. The van der Waals surface area contributed by atoms with Crippen LogP contribution in [0.1, 0.15) is 0 Å². The smallest absolute Gasteiger partial charge is 0.271 e. The van der Waals surface area contributed by atoms with Gasteiger partial charge in [0.1, 0.15) is 5.75 Å². The molecule has 0 fully saturated rings. The van der Waals surface area contributed by atoms with Crippen LogP contribution in [0.15, 0.2) is 60.7 Å². The fourth-order valence-corrected chi connectivity index (χ4v) is 3.09. The van der Waals surface area contributed by atoms with Crippen molar-refractivity contribution in [1.82, 2.24) is 4.98 Å². The summed E-state index contributed by atoms with van der Waals surface area (Å²) in [5.74, 6) is 0.629. The zero-order valence-corrected chi connectivity index (χ0v) is 15.7. The van der Waals surface area contributed by atoms with Crippen LogP contribution in [-0.2, 0) is 0 Å². The van der Waals surface area contributed by atoms with Crippen molar-refractivity contribution in [3.05, 3.63) is 80.9 Å². The van der Waals surface area contributed by atoms with Gasteiger partial charge in [-0.3, -0.25) is 25.7 Å². The SMILES string of the molecule is COc1ccc2nc3cc([N+](=O)[O-])ccc3c(NNc3ccc([N+](=O)[O-])cc3)c2c1. The molecule has 0 saturated carbocycles. The number of nitrogens with zero attached hydrogens (tertiary/aromatic N) is 3. The van der Waals surface area contributed by atoms with Crippen molar-refractivity contribution in [2.75, 3.05) is 18.0 Å². The molecule has 0 atom stereocenters. The third kappa shape index (κ3) is 3.49. The van der Waals surface area contributed by atoms with Gasteiger partial charge < -0.3 is 10.2 Å². The number of nitro groups is 2. The summed E-state index contributed by atoms with van der Waals surface area (Å²) in [4.78, 5) is 25.6. The number of non-ortho nitro benzene ring substituents is 2. The molecule has 4 aromatic rings. The number of fused-ring (bicyclic) bond motifs is 2. The predicted molar refractivity (Wildman–Crippen MR) is 113 cm³/mol. The van der Waals surface area contributed by atoms with Crippen LogP contribution < -0.4 is 15.6 Å². The van der Waals surface area contributed by atoms with Gasteiger partial charge in [0.25, 0.3) is 11.4 Å². The van der Waals surface area contributed by atoms with E-state index in [2.05, 4.69) is 15.8 Å². The lowest BCUT2D eigenvalue weighted by atomic mass is 10.1. The number of pyridine rings is 1. The standard InChI is InChI=1S/C20H15N5O5/c1-30-15-7-9-18-17(11-15)20(16-8-6-14(25(28)29)10-19(16)21-18)23-22-12-2-4-13(5-3-12)24(26)27/h2-11,22H,1H3,(H,21,23). The van der Waals surface area contributed by atoms with E-state index in [1.54, 1.807) is 37.4 Å². The third-order valence-corrected chi connectivity index (χ3v) is 4.59. The molecule has 0 aliphatic carbocycles. The molecule has 0 bridgehead atoms. The molecule has 2 N–H and O–H groups in total. The highest BCUT2D eigenvalue weighted by atomic mass is 16.6. The highest BCUT2D eigenvalue weighted by Crippen LogP contribution is 2.34. The minimum Gasteiger partial charge on any atom is -0.497 e. The molecule has 3 aromatic carbocycles. The average molecular weight is 405 g/mol. The van der Waals surface area contributed by atoms with Crippen LogP contribution in [0, 0.1) is 20.2 Å². The summed E-state index contributed by atoms with van der Waals surface area (Å²) >= 11 is 0. The molecule has 0 saturated heterocycles. The number of rotatable bonds is 6. The van der Waals surface area contributed by atoms with E-state index in [4.69, 9.17) is 4.74 Å². The van der Waals surface area contributed by atoms with Gasteiger partial charge in [-0.1, -0.05) is 0 Å². The van der Waals surface area contributed by atoms with Crippen LogP contribution in [0.2, 0.25) is 0 Å². The zero-order chi connectivity index (χ0) is 21.3. The summed E-state index contributed by atoms with van der Waals surface area (Å²) in [5.41, 5.74) is 8.36. The number of hydrogen-bond acceptors (Lipinski definition) is 8. The average Bonchev–Trinajstić information content (AvgIpc) is 2.76. The van der Waals surface area contributed by atoms with Crippen molar-refractivity contribution in [3.63, 3.8) is 0 Å². The van der Waals surface area contributed by atoms with Gasteiger partial charge in [0.2, 0.25) is 0 Å². The van der Waals surface area contributed by atoms with Crippen molar-refractivity contribution in [3.8, 4) is 5.75 Å². The van der Waals surface area contributed by atoms with Crippen LogP contribution in [0.5, 0.6) is 5.75 Å². The number of nitro benzene ring substituents is 2. The monoisotopic (exact) mass is 405 g/mol. The Morgan fingerprint density at radius 1 is 0.800 bits per heavy atom. The van der Waals surface area contributed by atoms with Crippen molar-refractivity contribution in [2.24, 2.45) is 0 Å². The molecule has 150 valence electrons. The van der Waals surface area contributed by atoms with E-state index >= 15 is 0 Å². The van der Waals surface area contributed by atoms with Gasteiger partial charge in [0, 0.05) is 35.0 Å². The van der Waals surface area contributed by atoms with E-state index < -0.39 is 9.85 Å². The molecule has 0 amide bonds. The second kappa shape index (κ2) is 7.51. The van der Waals surface area contributed by atoms with Crippen molar-refractivity contribution < 1.29 is 14.6 Å².